The highest BCUT2D eigenvalue weighted by atomic mass is 32.1. The van der Waals surface area contributed by atoms with Gasteiger partial charge in [-0.2, -0.15) is 9.83 Å². The second-order valence-electron chi connectivity index (χ2n) is 12.6. The normalized spacial score (nSPS) is 12.3. The summed E-state index contributed by atoms with van der Waals surface area (Å²) in [4.78, 5) is 4.88. The Morgan fingerprint density at radius 3 is 2.29 bits per heavy atom. The lowest BCUT2D eigenvalue weighted by atomic mass is 9.80. The van der Waals surface area contributed by atoms with E-state index in [0.717, 1.165) is 38.5 Å². The molecule has 0 aliphatic rings. The van der Waals surface area contributed by atoms with Crippen molar-refractivity contribution in [2.75, 3.05) is 0 Å². The number of hydrogen-bond acceptors (Lipinski definition) is 3. The molecular weight excluding hydrogens is 482 g/mol. The fourth-order valence-corrected chi connectivity index (χ4v) is 6.63. The van der Waals surface area contributed by atoms with Gasteiger partial charge in [-0.3, -0.25) is 0 Å². The van der Waals surface area contributed by atoms with E-state index in [4.69, 9.17) is 4.98 Å². The summed E-state index contributed by atoms with van der Waals surface area (Å²) in [6, 6.07) is 22.1. The summed E-state index contributed by atoms with van der Waals surface area (Å²) < 4.78 is 3.26. The zero-order valence-electron chi connectivity index (χ0n) is 23.7. The van der Waals surface area contributed by atoms with Crippen LogP contribution >= 0.6 is 11.3 Å². The Kier molecular flexibility index (Phi) is 6.40. The van der Waals surface area contributed by atoms with Crippen LogP contribution in [0.3, 0.4) is 0 Å². The molecule has 0 bridgehead atoms. The lowest BCUT2D eigenvalue weighted by Gasteiger charge is -2.24. The number of rotatable bonds is 3. The smallest absolute Gasteiger partial charge is 0.213 e. The van der Waals surface area contributed by atoms with E-state index in [1.165, 1.54) is 27.5 Å². The van der Waals surface area contributed by atoms with Gasteiger partial charge in [-0.15, -0.1) is 11.3 Å². The van der Waals surface area contributed by atoms with Crippen molar-refractivity contribution in [2.24, 2.45) is 12.5 Å². The van der Waals surface area contributed by atoms with Gasteiger partial charge in [0.15, 0.2) is 6.20 Å². The highest BCUT2D eigenvalue weighted by molar-refractivity contribution is 7.18. The maximum absolute atomic E-state index is 10.1. The van der Waals surface area contributed by atoms with Crippen LogP contribution in [0.5, 0.6) is 0 Å². The third-order valence-corrected chi connectivity index (χ3v) is 8.24. The number of fused-ring (bicyclic) bond motifs is 2. The number of nitrogens with zero attached hydrogens (tertiary/aromatic N) is 3. The van der Waals surface area contributed by atoms with E-state index in [1.807, 2.05) is 13.2 Å². The predicted octanol–water partition coefficient (Wildman–Crippen LogP) is 8.67. The average Bonchev–Trinajstić information content (AvgIpc) is 3.23. The Bertz CT molecular complexity index is 1740. The molecule has 3 nitrogen and oxygen atoms in total. The quantitative estimate of drug-likeness (QED) is 0.224. The Morgan fingerprint density at radius 1 is 0.921 bits per heavy atom. The predicted molar refractivity (Wildman–Crippen MR) is 160 cm³/mol. The summed E-state index contributed by atoms with van der Waals surface area (Å²) >= 11 is 1.76. The molecule has 2 heterocycles. The summed E-state index contributed by atoms with van der Waals surface area (Å²) in [6.07, 6.45) is 2.92. The van der Waals surface area contributed by atoms with E-state index in [-0.39, 0.29) is 10.8 Å². The van der Waals surface area contributed by atoms with E-state index >= 15 is 0 Å². The first-order valence-electron chi connectivity index (χ1n) is 13.2. The van der Waals surface area contributed by atoms with Crippen molar-refractivity contribution < 1.29 is 4.57 Å². The lowest BCUT2D eigenvalue weighted by Crippen LogP contribution is -2.31. The van der Waals surface area contributed by atoms with Crippen molar-refractivity contribution in [2.45, 2.75) is 60.3 Å². The van der Waals surface area contributed by atoms with Gasteiger partial charge in [0, 0.05) is 23.6 Å². The number of hydrogen-bond donors (Lipinski definition) is 0. The van der Waals surface area contributed by atoms with E-state index < -0.39 is 0 Å². The van der Waals surface area contributed by atoms with Crippen molar-refractivity contribution in [1.82, 2.24) is 4.98 Å². The zero-order chi connectivity index (χ0) is 27.4. The molecule has 0 unspecified atom stereocenters. The van der Waals surface area contributed by atoms with E-state index in [2.05, 4.69) is 114 Å². The van der Waals surface area contributed by atoms with Gasteiger partial charge in [0.1, 0.15) is 18.7 Å². The first-order chi connectivity index (χ1) is 17.9. The number of aryl methyl sites for hydroxylation is 2. The maximum Gasteiger partial charge on any atom is 0.213 e. The molecule has 5 aromatic rings. The maximum atomic E-state index is 10.1. The molecule has 0 amide bonds. The fraction of sp³-hybridized carbons (Fsp3) is 0.324. The monoisotopic (exact) mass is 518 g/mol. The Labute approximate surface area is 230 Å². The molecule has 3 aromatic carbocycles. The second-order valence-corrected chi connectivity index (χ2v) is 13.7. The van der Waals surface area contributed by atoms with Crippen molar-refractivity contribution >= 4 is 32.3 Å². The molecule has 5 rings (SSSR count). The zero-order valence-corrected chi connectivity index (χ0v) is 24.5. The minimum atomic E-state index is -0.00197. The summed E-state index contributed by atoms with van der Waals surface area (Å²) in [5, 5.41) is 13.8. The van der Waals surface area contributed by atoms with Crippen LogP contribution in [-0.2, 0) is 18.9 Å². The van der Waals surface area contributed by atoms with Crippen LogP contribution < -0.4 is 4.57 Å². The minimum absolute atomic E-state index is 0.00197. The largest absolute Gasteiger partial charge is 0.241 e. The summed E-state index contributed by atoms with van der Waals surface area (Å²) in [5.74, 6) is 0. The van der Waals surface area contributed by atoms with E-state index in [0.29, 0.717) is 5.56 Å². The molecule has 0 radical (unpaired) electrons. The van der Waals surface area contributed by atoms with Gasteiger partial charge >= 0.3 is 0 Å². The van der Waals surface area contributed by atoms with Crippen LogP contribution in [0.2, 0.25) is 0 Å². The van der Waals surface area contributed by atoms with Gasteiger partial charge in [0.25, 0.3) is 0 Å². The number of nitriles is 1. The Hall–Kier alpha value is -3.55. The number of aromatic nitrogens is 2. The van der Waals surface area contributed by atoms with Gasteiger partial charge in [0.2, 0.25) is 5.69 Å². The molecule has 0 spiro atoms. The first-order valence-corrected chi connectivity index (χ1v) is 14.0. The number of thiazole rings is 1. The van der Waals surface area contributed by atoms with Crippen LogP contribution in [-0.4, -0.2) is 4.98 Å². The van der Waals surface area contributed by atoms with E-state index in [1.54, 1.807) is 11.3 Å². The molecule has 0 N–H and O–H groups in total. The third kappa shape index (κ3) is 4.84. The number of pyridine rings is 1. The third-order valence-electron chi connectivity index (χ3n) is 7.22. The van der Waals surface area contributed by atoms with Gasteiger partial charge < -0.3 is 0 Å². The molecule has 0 aliphatic carbocycles. The first kappa shape index (κ1) is 26.1. The van der Waals surface area contributed by atoms with Gasteiger partial charge in [-0.25, -0.2) is 4.98 Å². The van der Waals surface area contributed by atoms with Gasteiger partial charge in [-0.05, 0) is 63.4 Å². The van der Waals surface area contributed by atoms with Crippen molar-refractivity contribution in [3.05, 3.63) is 82.5 Å². The molecule has 4 heteroatoms. The second kappa shape index (κ2) is 9.33. The summed E-state index contributed by atoms with van der Waals surface area (Å²) in [5.41, 5.74) is 8.79. The molecule has 192 valence electrons. The Balaban J connectivity index is 1.71. The SMILES string of the molecule is Cc1c(-c2cc(-c3ccc4nc(CC(C)(C)C)sc4c3)c(C#N)c[n+]2C)cc(C(C)(C)C)c2ccccc12. The van der Waals surface area contributed by atoms with Crippen LogP contribution in [0.15, 0.2) is 60.8 Å². The minimum Gasteiger partial charge on any atom is -0.241 e. The molecule has 0 fully saturated rings. The standard InChI is InChI=1S/C34H36N3S/c1-21-24-11-9-10-12-25(24)28(34(5,6)7)16-26(21)30-17-27(23(19-35)20-37(30)8)22-13-14-29-31(15-22)38-32(36-29)18-33(2,3)4/h9-17,20H,18H2,1-8H3/q+1. The fourth-order valence-electron chi connectivity index (χ4n) is 5.32. The van der Waals surface area contributed by atoms with E-state index in [9.17, 15) is 5.26 Å². The Morgan fingerprint density at radius 2 is 1.63 bits per heavy atom. The van der Waals surface area contributed by atoms with Gasteiger partial charge in [-0.1, -0.05) is 71.9 Å². The highest BCUT2D eigenvalue weighted by Gasteiger charge is 2.25. The van der Waals surface area contributed by atoms with Gasteiger partial charge in [0.05, 0.1) is 15.2 Å². The summed E-state index contributed by atoms with van der Waals surface area (Å²) in [6.45, 7) is 15.8. The molecular formula is C34H36N3S+. The molecule has 2 aromatic heterocycles. The van der Waals surface area contributed by atoms with Crippen molar-refractivity contribution in [1.29, 1.82) is 5.26 Å². The highest BCUT2D eigenvalue weighted by Crippen LogP contribution is 2.39. The van der Waals surface area contributed by atoms with Crippen molar-refractivity contribution in [3.8, 4) is 28.5 Å². The van der Waals surface area contributed by atoms with Crippen LogP contribution in [0, 0.1) is 23.7 Å². The molecule has 0 saturated heterocycles. The molecule has 0 atom stereocenters. The molecule has 0 aliphatic heterocycles. The molecule has 38 heavy (non-hydrogen) atoms. The summed E-state index contributed by atoms with van der Waals surface area (Å²) in [7, 11) is 2.04. The van der Waals surface area contributed by atoms with Crippen molar-refractivity contribution in [3.63, 3.8) is 0 Å². The molecule has 0 saturated carbocycles. The van der Waals surface area contributed by atoms with Crippen LogP contribution in [0.25, 0.3) is 43.4 Å². The average molecular weight is 519 g/mol. The topological polar surface area (TPSA) is 40.6 Å². The van der Waals surface area contributed by atoms with Crippen LogP contribution in [0.4, 0.5) is 0 Å². The lowest BCUT2D eigenvalue weighted by molar-refractivity contribution is -0.660. The van der Waals surface area contributed by atoms with Crippen LogP contribution in [0.1, 0.15) is 63.2 Å². The number of benzene rings is 3.